The summed E-state index contributed by atoms with van der Waals surface area (Å²) in [5.41, 5.74) is 2.39. The highest BCUT2D eigenvalue weighted by Crippen LogP contribution is 2.24. The topological polar surface area (TPSA) is 102 Å². The molecule has 8 heteroatoms. The molecule has 0 fully saturated rings. The van der Waals surface area contributed by atoms with E-state index in [-0.39, 0.29) is 0 Å². The van der Waals surface area contributed by atoms with Crippen LogP contribution < -0.4 is 10.6 Å². The monoisotopic (exact) mass is 342 g/mol. The molecule has 8 nitrogen and oxygen atoms in total. The largest absolute Gasteiger partial charge is 0.461 e. The zero-order valence-electron chi connectivity index (χ0n) is 13.9. The summed E-state index contributed by atoms with van der Waals surface area (Å²) < 4.78 is 15.3. The summed E-state index contributed by atoms with van der Waals surface area (Å²) in [6, 6.07) is 9.05. The molecular formula is C17H18N4O4. The Morgan fingerprint density at radius 3 is 2.84 bits per heavy atom. The van der Waals surface area contributed by atoms with Crippen molar-refractivity contribution in [3.63, 3.8) is 0 Å². The van der Waals surface area contributed by atoms with E-state index in [4.69, 9.17) is 13.7 Å². The highest BCUT2D eigenvalue weighted by molar-refractivity contribution is 5.87. The Bertz CT molecular complexity index is 842. The van der Waals surface area contributed by atoms with E-state index in [1.54, 1.807) is 31.4 Å². The van der Waals surface area contributed by atoms with Gasteiger partial charge in [-0.25, -0.2) is 4.79 Å². The van der Waals surface area contributed by atoms with Gasteiger partial charge in [0.2, 0.25) is 11.7 Å². The van der Waals surface area contributed by atoms with Gasteiger partial charge in [-0.1, -0.05) is 11.2 Å². The lowest BCUT2D eigenvalue weighted by molar-refractivity contribution is 0.168. The highest BCUT2D eigenvalue weighted by Gasteiger charge is 2.12. The van der Waals surface area contributed by atoms with Crippen molar-refractivity contribution in [2.45, 2.75) is 20.4 Å². The van der Waals surface area contributed by atoms with E-state index in [0.29, 0.717) is 36.3 Å². The van der Waals surface area contributed by atoms with Crippen LogP contribution in [0.2, 0.25) is 0 Å². The standard InChI is InChI=1S/C17H18N4O4/c1-3-23-17(22)19-13-7-4-6-12(11(13)2)18-10-15-20-16(21-25-15)14-8-5-9-24-14/h4-9,18H,3,10H2,1-2H3,(H,19,22). The van der Waals surface area contributed by atoms with Crippen LogP contribution in [0.1, 0.15) is 18.4 Å². The third-order valence-corrected chi connectivity index (χ3v) is 3.49. The molecule has 25 heavy (non-hydrogen) atoms. The third-order valence-electron chi connectivity index (χ3n) is 3.49. The normalized spacial score (nSPS) is 10.5. The Labute approximate surface area is 144 Å². The lowest BCUT2D eigenvalue weighted by Gasteiger charge is -2.13. The molecule has 3 rings (SSSR count). The molecule has 1 amide bonds. The maximum atomic E-state index is 11.6. The number of ether oxygens (including phenoxy) is 1. The fraction of sp³-hybridized carbons (Fsp3) is 0.235. The first-order valence-corrected chi connectivity index (χ1v) is 7.81. The zero-order chi connectivity index (χ0) is 17.6. The molecule has 0 aliphatic rings. The number of hydrogen-bond acceptors (Lipinski definition) is 7. The predicted octanol–water partition coefficient (Wildman–Crippen LogP) is 3.82. The van der Waals surface area contributed by atoms with E-state index >= 15 is 0 Å². The summed E-state index contributed by atoms with van der Waals surface area (Å²) in [5.74, 6) is 1.37. The van der Waals surface area contributed by atoms with Gasteiger partial charge in [-0.2, -0.15) is 4.98 Å². The molecule has 2 heterocycles. The zero-order valence-corrected chi connectivity index (χ0v) is 13.9. The number of rotatable bonds is 6. The number of carbonyl (C=O) groups excluding carboxylic acids is 1. The van der Waals surface area contributed by atoms with Crippen LogP contribution in [0.3, 0.4) is 0 Å². The smallest absolute Gasteiger partial charge is 0.411 e. The summed E-state index contributed by atoms with van der Waals surface area (Å²) in [4.78, 5) is 15.8. The second-order valence-electron chi connectivity index (χ2n) is 5.17. The SMILES string of the molecule is CCOC(=O)Nc1cccc(NCc2nc(-c3ccco3)no2)c1C. The van der Waals surface area contributed by atoms with E-state index in [1.165, 1.54) is 0 Å². The Morgan fingerprint density at radius 2 is 2.08 bits per heavy atom. The van der Waals surface area contributed by atoms with E-state index in [9.17, 15) is 4.79 Å². The molecule has 130 valence electrons. The number of furan rings is 1. The van der Waals surface area contributed by atoms with Crippen molar-refractivity contribution in [3.8, 4) is 11.6 Å². The number of hydrogen-bond donors (Lipinski definition) is 2. The first kappa shape index (κ1) is 16.6. The van der Waals surface area contributed by atoms with Crippen molar-refractivity contribution in [2.24, 2.45) is 0 Å². The molecular weight excluding hydrogens is 324 g/mol. The Morgan fingerprint density at radius 1 is 1.24 bits per heavy atom. The van der Waals surface area contributed by atoms with Gasteiger partial charge in [0.1, 0.15) is 0 Å². The van der Waals surface area contributed by atoms with Crippen molar-refractivity contribution in [3.05, 3.63) is 48.0 Å². The second kappa shape index (κ2) is 7.52. The molecule has 0 radical (unpaired) electrons. The molecule has 2 N–H and O–H groups in total. The highest BCUT2D eigenvalue weighted by atomic mass is 16.5. The van der Waals surface area contributed by atoms with E-state index < -0.39 is 6.09 Å². The number of nitrogens with one attached hydrogen (secondary N) is 2. The van der Waals surface area contributed by atoms with Gasteiger partial charge >= 0.3 is 6.09 Å². The van der Waals surface area contributed by atoms with Crippen LogP contribution in [0.15, 0.2) is 45.5 Å². The average molecular weight is 342 g/mol. The van der Waals surface area contributed by atoms with Crippen molar-refractivity contribution < 1.29 is 18.5 Å². The summed E-state index contributed by atoms with van der Waals surface area (Å²) in [6.07, 6.45) is 1.07. The van der Waals surface area contributed by atoms with Gasteiger partial charge in [-0.15, -0.1) is 0 Å². The lowest BCUT2D eigenvalue weighted by atomic mass is 10.1. The molecule has 0 aliphatic carbocycles. The number of nitrogens with zero attached hydrogens (tertiary/aromatic N) is 2. The van der Waals surface area contributed by atoms with Crippen molar-refractivity contribution >= 4 is 17.5 Å². The molecule has 1 aromatic carbocycles. The van der Waals surface area contributed by atoms with Gasteiger partial charge in [-0.3, -0.25) is 5.32 Å². The Balaban J connectivity index is 1.66. The number of aromatic nitrogens is 2. The first-order valence-electron chi connectivity index (χ1n) is 7.81. The molecule has 0 atom stereocenters. The van der Waals surface area contributed by atoms with Gasteiger partial charge in [-0.05, 0) is 43.7 Å². The van der Waals surface area contributed by atoms with Crippen molar-refractivity contribution in [1.82, 2.24) is 10.1 Å². The van der Waals surface area contributed by atoms with Crippen molar-refractivity contribution in [1.29, 1.82) is 0 Å². The van der Waals surface area contributed by atoms with Gasteiger partial charge in [0.15, 0.2) is 5.76 Å². The van der Waals surface area contributed by atoms with Crippen LogP contribution in [-0.2, 0) is 11.3 Å². The van der Waals surface area contributed by atoms with E-state index in [0.717, 1.165) is 11.3 Å². The van der Waals surface area contributed by atoms with Gasteiger partial charge in [0, 0.05) is 11.4 Å². The molecule has 0 bridgehead atoms. The van der Waals surface area contributed by atoms with Crippen LogP contribution in [0.5, 0.6) is 0 Å². The fourth-order valence-electron chi connectivity index (χ4n) is 2.24. The molecule has 0 aliphatic heterocycles. The maximum absolute atomic E-state index is 11.6. The number of carbonyl (C=O) groups is 1. The van der Waals surface area contributed by atoms with Crippen LogP contribution >= 0.6 is 0 Å². The number of amides is 1. The summed E-state index contributed by atoms with van der Waals surface area (Å²) in [5, 5.41) is 9.80. The van der Waals surface area contributed by atoms with Gasteiger partial charge in [0.25, 0.3) is 0 Å². The first-order chi connectivity index (χ1) is 12.2. The van der Waals surface area contributed by atoms with E-state index in [2.05, 4.69) is 20.8 Å². The predicted molar refractivity (Wildman–Crippen MR) is 91.2 cm³/mol. The van der Waals surface area contributed by atoms with Crippen LogP contribution in [0.25, 0.3) is 11.6 Å². The molecule has 0 saturated heterocycles. The minimum Gasteiger partial charge on any atom is -0.461 e. The van der Waals surface area contributed by atoms with Crippen LogP contribution in [0, 0.1) is 6.92 Å². The molecule has 0 spiro atoms. The lowest BCUT2D eigenvalue weighted by Crippen LogP contribution is -2.14. The summed E-state index contributed by atoms with van der Waals surface area (Å²) in [6.45, 7) is 4.31. The summed E-state index contributed by atoms with van der Waals surface area (Å²) >= 11 is 0. The quantitative estimate of drug-likeness (QED) is 0.702. The maximum Gasteiger partial charge on any atom is 0.411 e. The van der Waals surface area contributed by atoms with Crippen molar-refractivity contribution in [2.75, 3.05) is 17.2 Å². The fourth-order valence-corrected chi connectivity index (χ4v) is 2.24. The Kier molecular flexibility index (Phi) is 4.98. The minimum atomic E-state index is -0.484. The number of benzene rings is 1. The molecule has 0 saturated carbocycles. The molecule has 0 unspecified atom stereocenters. The van der Waals surface area contributed by atoms with Crippen LogP contribution in [-0.4, -0.2) is 22.8 Å². The molecule has 2 aromatic heterocycles. The van der Waals surface area contributed by atoms with Gasteiger partial charge in [0.05, 0.1) is 19.4 Å². The average Bonchev–Trinajstić information content (AvgIpc) is 3.27. The third kappa shape index (κ3) is 3.97. The van der Waals surface area contributed by atoms with E-state index in [1.807, 2.05) is 19.1 Å². The molecule has 3 aromatic rings. The second-order valence-corrected chi connectivity index (χ2v) is 5.17. The minimum absolute atomic E-state index is 0.317. The Hall–Kier alpha value is -3.29. The van der Waals surface area contributed by atoms with Gasteiger partial charge < -0.3 is 19.0 Å². The summed E-state index contributed by atoms with van der Waals surface area (Å²) in [7, 11) is 0. The van der Waals surface area contributed by atoms with Crippen LogP contribution in [0.4, 0.5) is 16.2 Å². The number of anilines is 2.